The molecule has 0 aliphatic carbocycles. The molecule has 6 heteroatoms. The Morgan fingerprint density at radius 1 is 1.53 bits per heavy atom. The monoisotopic (exact) mass is 239 g/mol. The van der Waals surface area contributed by atoms with E-state index >= 15 is 0 Å². The molecule has 1 heterocycles. The van der Waals surface area contributed by atoms with Crippen molar-refractivity contribution in [3.8, 4) is 5.88 Å². The lowest BCUT2D eigenvalue weighted by Gasteiger charge is -2.25. The van der Waals surface area contributed by atoms with Gasteiger partial charge >= 0.3 is 5.97 Å². The normalized spacial score (nSPS) is 11.1. The maximum Gasteiger partial charge on any atom is 0.305 e. The summed E-state index contributed by atoms with van der Waals surface area (Å²) in [4.78, 5) is 18.8. The molecule has 0 aromatic carbocycles. The molecule has 1 aromatic heterocycles. The standard InChI is InChI=1S/C11H17N3O3/c1-7-9(12-6-13-10(7)17-4)14-11(2,3)5-8(15)16/h6H,5H2,1-4H3,(H,15,16)(H,12,13,14). The largest absolute Gasteiger partial charge is 0.481 e. The highest BCUT2D eigenvalue weighted by atomic mass is 16.5. The first-order chi connectivity index (χ1) is 7.85. The van der Waals surface area contributed by atoms with Crippen molar-refractivity contribution in [1.82, 2.24) is 9.97 Å². The van der Waals surface area contributed by atoms with Gasteiger partial charge < -0.3 is 15.2 Å². The van der Waals surface area contributed by atoms with Gasteiger partial charge in [0, 0.05) is 5.54 Å². The first-order valence-corrected chi connectivity index (χ1v) is 5.21. The van der Waals surface area contributed by atoms with Crippen molar-refractivity contribution in [3.05, 3.63) is 11.9 Å². The van der Waals surface area contributed by atoms with Crippen LogP contribution >= 0.6 is 0 Å². The minimum absolute atomic E-state index is 0.00123. The maximum absolute atomic E-state index is 10.7. The molecule has 0 aliphatic rings. The van der Waals surface area contributed by atoms with Gasteiger partial charge in [0.2, 0.25) is 5.88 Å². The van der Waals surface area contributed by atoms with Crippen molar-refractivity contribution in [2.45, 2.75) is 32.7 Å². The maximum atomic E-state index is 10.7. The number of hydrogen-bond donors (Lipinski definition) is 2. The quantitative estimate of drug-likeness (QED) is 0.809. The van der Waals surface area contributed by atoms with Crippen molar-refractivity contribution >= 4 is 11.8 Å². The van der Waals surface area contributed by atoms with Gasteiger partial charge in [-0.2, -0.15) is 0 Å². The lowest BCUT2D eigenvalue weighted by Crippen LogP contribution is -2.34. The van der Waals surface area contributed by atoms with Crippen LogP contribution in [0, 0.1) is 6.92 Å². The number of nitrogens with one attached hydrogen (secondary N) is 1. The van der Waals surface area contributed by atoms with Crippen molar-refractivity contribution in [2.24, 2.45) is 0 Å². The molecule has 0 unspecified atom stereocenters. The molecule has 94 valence electrons. The van der Waals surface area contributed by atoms with E-state index in [4.69, 9.17) is 9.84 Å². The summed E-state index contributed by atoms with van der Waals surface area (Å²) in [6.07, 6.45) is 1.38. The van der Waals surface area contributed by atoms with E-state index in [0.29, 0.717) is 11.7 Å². The Balaban J connectivity index is 2.91. The average molecular weight is 239 g/mol. The van der Waals surface area contributed by atoms with E-state index in [2.05, 4.69) is 15.3 Å². The van der Waals surface area contributed by atoms with Crippen LogP contribution in [0.1, 0.15) is 25.8 Å². The number of aliphatic carboxylic acids is 1. The van der Waals surface area contributed by atoms with E-state index in [1.165, 1.54) is 13.4 Å². The summed E-state index contributed by atoms with van der Waals surface area (Å²) in [5.74, 6) is 0.206. The number of methoxy groups -OCH3 is 1. The van der Waals surface area contributed by atoms with Gasteiger partial charge in [-0.05, 0) is 20.8 Å². The van der Waals surface area contributed by atoms with Gasteiger partial charge in [0.1, 0.15) is 12.1 Å². The number of hydrogen-bond acceptors (Lipinski definition) is 5. The summed E-state index contributed by atoms with van der Waals surface area (Å²) in [7, 11) is 1.53. The van der Waals surface area contributed by atoms with Crippen molar-refractivity contribution in [2.75, 3.05) is 12.4 Å². The average Bonchev–Trinajstić information content (AvgIpc) is 2.19. The van der Waals surface area contributed by atoms with Crippen LogP contribution in [-0.4, -0.2) is 33.7 Å². The van der Waals surface area contributed by atoms with E-state index < -0.39 is 11.5 Å². The highest BCUT2D eigenvalue weighted by Gasteiger charge is 2.23. The zero-order valence-electron chi connectivity index (χ0n) is 10.4. The van der Waals surface area contributed by atoms with Crippen LogP contribution in [0.4, 0.5) is 5.82 Å². The van der Waals surface area contributed by atoms with E-state index in [9.17, 15) is 4.79 Å². The fraction of sp³-hybridized carbons (Fsp3) is 0.545. The molecule has 0 radical (unpaired) electrons. The highest BCUT2D eigenvalue weighted by molar-refractivity contribution is 5.69. The first-order valence-electron chi connectivity index (χ1n) is 5.21. The van der Waals surface area contributed by atoms with Crippen molar-refractivity contribution in [3.63, 3.8) is 0 Å². The Bertz CT molecular complexity index is 418. The Kier molecular flexibility index (Phi) is 3.88. The molecule has 1 aromatic rings. The van der Waals surface area contributed by atoms with Gasteiger partial charge in [-0.1, -0.05) is 0 Å². The van der Waals surface area contributed by atoms with Crippen LogP contribution in [0.15, 0.2) is 6.33 Å². The molecule has 0 bridgehead atoms. The van der Waals surface area contributed by atoms with E-state index in [0.717, 1.165) is 5.56 Å². The smallest absolute Gasteiger partial charge is 0.305 e. The van der Waals surface area contributed by atoms with Crippen LogP contribution < -0.4 is 10.1 Å². The topological polar surface area (TPSA) is 84.3 Å². The van der Waals surface area contributed by atoms with Gasteiger partial charge in [-0.15, -0.1) is 0 Å². The number of ether oxygens (including phenoxy) is 1. The van der Waals surface area contributed by atoms with Gasteiger partial charge in [0.15, 0.2) is 0 Å². The zero-order valence-corrected chi connectivity index (χ0v) is 10.4. The first kappa shape index (κ1) is 13.2. The van der Waals surface area contributed by atoms with Crippen LogP contribution in [0.3, 0.4) is 0 Å². The summed E-state index contributed by atoms with van der Waals surface area (Å²) in [5.41, 5.74) is 0.170. The molecule has 0 saturated heterocycles. The SMILES string of the molecule is COc1ncnc(NC(C)(C)CC(=O)O)c1C. The Labute approximate surface area is 100 Å². The van der Waals surface area contributed by atoms with Crippen molar-refractivity contribution < 1.29 is 14.6 Å². The summed E-state index contributed by atoms with van der Waals surface area (Å²) in [6, 6.07) is 0. The predicted molar refractivity (Wildman–Crippen MR) is 63.3 cm³/mol. The minimum atomic E-state index is -0.860. The third-order valence-electron chi connectivity index (χ3n) is 2.28. The number of carboxylic acid groups (broad SMARTS) is 1. The van der Waals surface area contributed by atoms with Gasteiger partial charge in [-0.25, -0.2) is 9.97 Å². The predicted octanol–water partition coefficient (Wildman–Crippen LogP) is 1.46. The van der Waals surface area contributed by atoms with Crippen LogP contribution in [-0.2, 0) is 4.79 Å². The number of anilines is 1. The zero-order chi connectivity index (χ0) is 13.1. The summed E-state index contributed by atoms with van der Waals surface area (Å²) >= 11 is 0. The molecule has 1 rings (SSSR count). The molecule has 0 amide bonds. The van der Waals surface area contributed by atoms with Gasteiger partial charge in [-0.3, -0.25) is 4.79 Å². The summed E-state index contributed by atoms with van der Waals surface area (Å²) in [6.45, 7) is 5.42. The van der Waals surface area contributed by atoms with Gasteiger partial charge in [0.05, 0.1) is 19.1 Å². The summed E-state index contributed by atoms with van der Waals surface area (Å²) in [5, 5.41) is 11.9. The van der Waals surface area contributed by atoms with E-state index in [1.54, 1.807) is 13.8 Å². The molecule has 0 aliphatic heterocycles. The van der Waals surface area contributed by atoms with Crippen LogP contribution in [0.25, 0.3) is 0 Å². The molecule has 0 atom stereocenters. The Morgan fingerprint density at radius 3 is 2.71 bits per heavy atom. The number of rotatable bonds is 5. The second-order valence-electron chi connectivity index (χ2n) is 4.44. The van der Waals surface area contributed by atoms with Crippen LogP contribution in [0.5, 0.6) is 5.88 Å². The fourth-order valence-corrected chi connectivity index (χ4v) is 1.51. The highest BCUT2D eigenvalue weighted by Crippen LogP contribution is 2.24. The van der Waals surface area contributed by atoms with Crippen molar-refractivity contribution in [1.29, 1.82) is 0 Å². The molecule has 6 nitrogen and oxygen atoms in total. The number of carbonyl (C=O) groups is 1. The lowest BCUT2D eigenvalue weighted by atomic mass is 10.0. The summed E-state index contributed by atoms with van der Waals surface area (Å²) < 4.78 is 5.07. The third-order valence-corrected chi connectivity index (χ3v) is 2.28. The second kappa shape index (κ2) is 4.99. The third kappa shape index (κ3) is 3.58. The number of aromatic nitrogens is 2. The minimum Gasteiger partial charge on any atom is -0.481 e. The molecule has 0 spiro atoms. The van der Waals surface area contributed by atoms with Gasteiger partial charge in [0.25, 0.3) is 0 Å². The lowest BCUT2D eigenvalue weighted by molar-refractivity contribution is -0.137. The Morgan fingerprint density at radius 2 is 2.18 bits per heavy atom. The van der Waals surface area contributed by atoms with E-state index in [-0.39, 0.29) is 6.42 Å². The molecular formula is C11H17N3O3. The Hall–Kier alpha value is -1.85. The number of nitrogens with zero attached hydrogens (tertiary/aromatic N) is 2. The molecular weight excluding hydrogens is 222 g/mol. The second-order valence-corrected chi connectivity index (χ2v) is 4.44. The molecule has 0 fully saturated rings. The fourth-order valence-electron chi connectivity index (χ4n) is 1.51. The van der Waals surface area contributed by atoms with E-state index in [1.807, 2.05) is 6.92 Å². The molecule has 0 saturated carbocycles. The van der Waals surface area contributed by atoms with Crippen LogP contribution in [0.2, 0.25) is 0 Å². The number of carboxylic acids is 1. The molecule has 2 N–H and O–H groups in total. The molecule has 17 heavy (non-hydrogen) atoms.